The molecule has 0 aliphatic rings. The summed E-state index contributed by atoms with van der Waals surface area (Å²) in [5.74, 6) is 0.273. The average Bonchev–Trinajstić information content (AvgIpc) is 2.55. The minimum atomic E-state index is -0.221. The molecule has 0 radical (unpaired) electrons. The Bertz CT molecular complexity index is 700. The second-order valence-electron chi connectivity index (χ2n) is 5.16. The van der Waals surface area contributed by atoms with Crippen molar-refractivity contribution in [3.63, 3.8) is 0 Å². The van der Waals surface area contributed by atoms with Crippen LogP contribution in [0.2, 0.25) is 0 Å². The van der Waals surface area contributed by atoms with E-state index in [-0.39, 0.29) is 11.7 Å². The molecule has 0 fully saturated rings. The van der Waals surface area contributed by atoms with Gasteiger partial charge in [0.15, 0.2) is 5.78 Å². The molecule has 2 aromatic rings. The van der Waals surface area contributed by atoms with E-state index in [0.29, 0.717) is 23.6 Å². The number of rotatable bonds is 7. The molecule has 0 bridgehead atoms. The van der Waals surface area contributed by atoms with Crippen LogP contribution >= 0.6 is 0 Å². The molecule has 2 rings (SSSR count). The maximum absolute atomic E-state index is 12.0. The SMILES string of the molecule is CCCCNC(=O)c1cc(Nc2cccc(C(C)=O)c2)ncn1. The highest BCUT2D eigenvalue weighted by molar-refractivity contribution is 5.95. The highest BCUT2D eigenvalue weighted by Gasteiger charge is 2.08. The van der Waals surface area contributed by atoms with Crippen molar-refractivity contribution in [3.8, 4) is 0 Å². The number of benzene rings is 1. The Hall–Kier alpha value is -2.76. The molecule has 1 aromatic carbocycles. The number of anilines is 2. The maximum Gasteiger partial charge on any atom is 0.270 e. The average molecular weight is 312 g/mol. The second-order valence-corrected chi connectivity index (χ2v) is 5.16. The summed E-state index contributed by atoms with van der Waals surface area (Å²) in [6, 6.07) is 8.70. The fourth-order valence-corrected chi connectivity index (χ4v) is 1.98. The normalized spacial score (nSPS) is 10.2. The molecule has 23 heavy (non-hydrogen) atoms. The fourth-order valence-electron chi connectivity index (χ4n) is 1.98. The molecule has 6 heteroatoms. The summed E-state index contributed by atoms with van der Waals surface area (Å²) in [4.78, 5) is 31.5. The lowest BCUT2D eigenvalue weighted by atomic mass is 10.1. The van der Waals surface area contributed by atoms with Crippen molar-refractivity contribution in [1.29, 1.82) is 0 Å². The molecule has 0 unspecified atom stereocenters. The molecule has 1 heterocycles. The van der Waals surface area contributed by atoms with E-state index in [1.165, 1.54) is 13.3 Å². The lowest BCUT2D eigenvalue weighted by Crippen LogP contribution is -2.25. The summed E-state index contributed by atoms with van der Waals surface area (Å²) >= 11 is 0. The number of hydrogen-bond donors (Lipinski definition) is 2. The summed E-state index contributed by atoms with van der Waals surface area (Å²) in [5.41, 5.74) is 1.65. The summed E-state index contributed by atoms with van der Waals surface area (Å²) in [6.45, 7) is 4.21. The fraction of sp³-hybridized carbons (Fsp3) is 0.294. The van der Waals surface area contributed by atoms with E-state index >= 15 is 0 Å². The number of amides is 1. The summed E-state index contributed by atoms with van der Waals surface area (Å²) < 4.78 is 0. The van der Waals surface area contributed by atoms with Gasteiger partial charge in [-0.05, 0) is 25.5 Å². The Kier molecular flexibility index (Phi) is 5.80. The molecule has 6 nitrogen and oxygen atoms in total. The van der Waals surface area contributed by atoms with Gasteiger partial charge < -0.3 is 10.6 Å². The number of hydrogen-bond acceptors (Lipinski definition) is 5. The van der Waals surface area contributed by atoms with Crippen molar-refractivity contribution in [2.24, 2.45) is 0 Å². The topological polar surface area (TPSA) is 84.0 Å². The van der Waals surface area contributed by atoms with Gasteiger partial charge in [0, 0.05) is 23.9 Å². The zero-order valence-corrected chi connectivity index (χ0v) is 13.3. The van der Waals surface area contributed by atoms with Crippen LogP contribution in [0, 0.1) is 0 Å². The van der Waals surface area contributed by atoms with E-state index in [4.69, 9.17) is 0 Å². The van der Waals surface area contributed by atoms with E-state index in [1.807, 2.05) is 6.07 Å². The minimum absolute atomic E-state index is 0.00710. The monoisotopic (exact) mass is 312 g/mol. The van der Waals surface area contributed by atoms with Gasteiger partial charge in [0.2, 0.25) is 0 Å². The number of carbonyl (C=O) groups is 2. The predicted molar refractivity (Wildman–Crippen MR) is 89.0 cm³/mol. The van der Waals surface area contributed by atoms with Crippen molar-refractivity contribution in [2.75, 3.05) is 11.9 Å². The van der Waals surface area contributed by atoms with Gasteiger partial charge in [-0.25, -0.2) is 9.97 Å². The number of Topliss-reactive ketones (excluding diaryl/α,β-unsaturated/α-hetero) is 1. The minimum Gasteiger partial charge on any atom is -0.351 e. The standard InChI is InChI=1S/C17H20N4O2/c1-3-4-8-18-17(23)15-10-16(20-11-19-15)21-14-7-5-6-13(9-14)12(2)22/h5-7,9-11H,3-4,8H2,1-2H3,(H,18,23)(H,19,20,21). The Labute approximate surface area is 135 Å². The summed E-state index contributed by atoms with van der Waals surface area (Å²) in [5, 5.41) is 5.89. The Morgan fingerprint density at radius 3 is 2.74 bits per heavy atom. The van der Waals surface area contributed by atoms with Crippen molar-refractivity contribution in [1.82, 2.24) is 15.3 Å². The van der Waals surface area contributed by atoms with E-state index in [1.54, 1.807) is 24.3 Å². The van der Waals surface area contributed by atoms with Crippen LogP contribution in [0.4, 0.5) is 11.5 Å². The van der Waals surface area contributed by atoms with Gasteiger partial charge in [-0.2, -0.15) is 0 Å². The van der Waals surface area contributed by atoms with Crippen molar-refractivity contribution >= 4 is 23.2 Å². The number of nitrogens with zero attached hydrogens (tertiary/aromatic N) is 2. The Morgan fingerprint density at radius 1 is 1.17 bits per heavy atom. The molecular weight excluding hydrogens is 292 g/mol. The maximum atomic E-state index is 12.0. The third-order valence-corrected chi connectivity index (χ3v) is 3.26. The zero-order valence-electron chi connectivity index (χ0n) is 13.3. The molecular formula is C17H20N4O2. The van der Waals surface area contributed by atoms with Crippen LogP contribution in [0.3, 0.4) is 0 Å². The lowest BCUT2D eigenvalue weighted by molar-refractivity contribution is 0.0947. The van der Waals surface area contributed by atoms with Crippen LogP contribution in [0.25, 0.3) is 0 Å². The largest absolute Gasteiger partial charge is 0.351 e. The number of unbranched alkanes of at least 4 members (excludes halogenated alkanes) is 1. The molecule has 1 aromatic heterocycles. The highest BCUT2D eigenvalue weighted by Crippen LogP contribution is 2.16. The molecule has 0 aliphatic carbocycles. The molecule has 1 amide bonds. The first kappa shape index (κ1) is 16.6. The zero-order chi connectivity index (χ0) is 16.7. The van der Waals surface area contributed by atoms with Gasteiger partial charge in [0.1, 0.15) is 17.8 Å². The molecule has 2 N–H and O–H groups in total. The second kappa shape index (κ2) is 8.03. The van der Waals surface area contributed by atoms with Crippen LogP contribution in [0.5, 0.6) is 0 Å². The first-order valence-corrected chi connectivity index (χ1v) is 7.58. The Balaban J connectivity index is 2.09. The smallest absolute Gasteiger partial charge is 0.270 e. The number of carbonyl (C=O) groups excluding carboxylic acids is 2. The van der Waals surface area contributed by atoms with E-state index in [9.17, 15) is 9.59 Å². The molecule has 0 spiro atoms. The van der Waals surface area contributed by atoms with Crippen molar-refractivity contribution in [3.05, 3.63) is 47.9 Å². The highest BCUT2D eigenvalue weighted by atomic mass is 16.1. The number of ketones is 1. The molecule has 0 atom stereocenters. The van der Waals surface area contributed by atoms with E-state index in [2.05, 4.69) is 27.5 Å². The van der Waals surface area contributed by atoms with Gasteiger partial charge in [0.05, 0.1) is 0 Å². The third kappa shape index (κ3) is 4.88. The van der Waals surface area contributed by atoms with Gasteiger partial charge >= 0.3 is 0 Å². The van der Waals surface area contributed by atoms with Crippen LogP contribution in [-0.4, -0.2) is 28.2 Å². The lowest BCUT2D eigenvalue weighted by Gasteiger charge is -2.08. The van der Waals surface area contributed by atoms with Gasteiger partial charge in [-0.3, -0.25) is 9.59 Å². The van der Waals surface area contributed by atoms with Crippen LogP contribution in [0.1, 0.15) is 47.5 Å². The van der Waals surface area contributed by atoms with Crippen LogP contribution in [-0.2, 0) is 0 Å². The Morgan fingerprint density at radius 2 is 2.00 bits per heavy atom. The van der Waals surface area contributed by atoms with Gasteiger partial charge in [-0.15, -0.1) is 0 Å². The number of nitrogens with one attached hydrogen (secondary N) is 2. The molecule has 120 valence electrons. The molecule has 0 saturated heterocycles. The third-order valence-electron chi connectivity index (χ3n) is 3.26. The van der Waals surface area contributed by atoms with Crippen LogP contribution < -0.4 is 10.6 Å². The van der Waals surface area contributed by atoms with E-state index in [0.717, 1.165) is 18.5 Å². The first-order valence-electron chi connectivity index (χ1n) is 7.58. The predicted octanol–water partition coefficient (Wildman–Crippen LogP) is 2.95. The summed E-state index contributed by atoms with van der Waals surface area (Å²) in [6.07, 6.45) is 3.29. The summed E-state index contributed by atoms with van der Waals surface area (Å²) in [7, 11) is 0. The van der Waals surface area contributed by atoms with Crippen molar-refractivity contribution in [2.45, 2.75) is 26.7 Å². The quantitative estimate of drug-likeness (QED) is 0.606. The van der Waals surface area contributed by atoms with Gasteiger partial charge in [0.25, 0.3) is 5.91 Å². The van der Waals surface area contributed by atoms with E-state index < -0.39 is 0 Å². The van der Waals surface area contributed by atoms with Crippen molar-refractivity contribution < 1.29 is 9.59 Å². The molecule has 0 aliphatic heterocycles. The number of aromatic nitrogens is 2. The first-order chi connectivity index (χ1) is 11.1. The van der Waals surface area contributed by atoms with Gasteiger partial charge in [-0.1, -0.05) is 25.5 Å². The van der Waals surface area contributed by atoms with Crippen LogP contribution in [0.15, 0.2) is 36.7 Å². The molecule has 0 saturated carbocycles.